The predicted molar refractivity (Wildman–Crippen MR) is 103 cm³/mol. The summed E-state index contributed by atoms with van der Waals surface area (Å²) in [4.78, 5) is 28.6. The first kappa shape index (κ1) is 21.0. The number of aliphatic imine (C=N–C) groups is 1. The van der Waals surface area contributed by atoms with Crippen LogP contribution in [-0.2, 0) is 4.79 Å². The van der Waals surface area contributed by atoms with Gasteiger partial charge in [0.15, 0.2) is 5.96 Å². The second-order valence-corrected chi connectivity index (χ2v) is 7.45. The molecule has 1 aromatic rings. The molecule has 0 saturated heterocycles. The minimum absolute atomic E-state index is 0.0468. The molecule has 0 atom stereocenters. The maximum Gasteiger partial charge on any atom is 0.261 e. The molecular formula is C17H29N5O2S. The number of nitrogens with zero attached hydrogens (tertiary/aromatic N) is 1. The fourth-order valence-corrected chi connectivity index (χ4v) is 2.58. The highest BCUT2D eigenvalue weighted by Gasteiger charge is 2.13. The van der Waals surface area contributed by atoms with Crippen molar-refractivity contribution in [1.29, 1.82) is 0 Å². The molecule has 0 radical (unpaired) electrons. The Morgan fingerprint density at radius 1 is 1.16 bits per heavy atom. The van der Waals surface area contributed by atoms with Gasteiger partial charge in [-0.15, -0.1) is 11.3 Å². The largest absolute Gasteiger partial charge is 0.357 e. The number of thiophene rings is 1. The number of guanidine groups is 1. The van der Waals surface area contributed by atoms with Gasteiger partial charge in [-0.25, -0.2) is 4.99 Å². The zero-order chi connectivity index (χ0) is 18.7. The van der Waals surface area contributed by atoms with Crippen LogP contribution >= 0.6 is 11.3 Å². The molecule has 0 bridgehead atoms. The smallest absolute Gasteiger partial charge is 0.261 e. The average Bonchev–Trinajstić information content (AvgIpc) is 3.04. The first-order valence-corrected chi connectivity index (χ1v) is 9.34. The van der Waals surface area contributed by atoms with Crippen LogP contribution in [0.2, 0.25) is 0 Å². The van der Waals surface area contributed by atoms with Gasteiger partial charge in [0, 0.05) is 25.2 Å². The third-order valence-corrected chi connectivity index (χ3v) is 3.78. The molecular weight excluding hydrogens is 338 g/mol. The number of hydrogen-bond donors (Lipinski definition) is 4. The van der Waals surface area contributed by atoms with Gasteiger partial charge in [-0.05, 0) is 45.6 Å². The molecule has 2 amide bonds. The number of amides is 2. The molecule has 0 aromatic carbocycles. The van der Waals surface area contributed by atoms with E-state index in [1.165, 1.54) is 11.3 Å². The summed E-state index contributed by atoms with van der Waals surface area (Å²) in [6, 6.07) is 3.66. The van der Waals surface area contributed by atoms with Crippen LogP contribution in [0.1, 0.15) is 43.8 Å². The van der Waals surface area contributed by atoms with Gasteiger partial charge in [0.1, 0.15) is 6.54 Å². The van der Waals surface area contributed by atoms with E-state index in [0.717, 1.165) is 6.42 Å². The Kier molecular flexibility index (Phi) is 8.98. The maximum atomic E-state index is 11.8. The zero-order valence-corrected chi connectivity index (χ0v) is 16.3. The second kappa shape index (κ2) is 10.7. The van der Waals surface area contributed by atoms with Crippen LogP contribution < -0.4 is 21.3 Å². The fourth-order valence-electron chi connectivity index (χ4n) is 1.94. The summed E-state index contributed by atoms with van der Waals surface area (Å²) >= 11 is 1.42. The standard InChI is InChI=1S/C17H29N5O2S/c1-5-18-16(21-12-14(23)22-17(2,3)4)20-10-7-9-19-15(24)13-8-6-11-25-13/h6,8,11H,5,7,9-10,12H2,1-4H3,(H,19,24)(H,22,23)(H2,18,20,21). The molecule has 8 heteroatoms. The van der Waals surface area contributed by atoms with E-state index in [9.17, 15) is 9.59 Å². The first-order valence-electron chi connectivity index (χ1n) is 8.46. The van der Waals surface area contributed by atoms with Crippen molar-refractivity contribution in [3.63, 3.8) is 0 Å². The number of nitrogens with one attached hydrogen (secondary N) is 4. The van der Waals surface area contributed by atoms with Crippen LogP contribution in [-0.4, -0.2) is 49.5 Å². The molecule has 0 aliphatic heterocycles. The molecule has 0 spiro atoms. The minimum atomic E-state index is -0.265. The van der Waals surface area contributed by atoms with Gasteiger partial charge in [0.2, 0.25) is 5.91 Å². The Hall–Kier alpha value is -2.09. The van der Waals surface area contributed by atoms with Crippen molar-refractivity contribution in [2.75, 3.05) is 26.2 Å². The van der Waals surface area contributed by atoms with Gasteiger partial charge in [0.25, 0.3) is 5.91 Å². The van der Waals surface area contributed by atoms with Crippen molar-refractivity contribution in [1.82, 2.24) is 21.3 Å². The summed E-state index contributed by atoms with van der Waals surface area (Å²) in [6.07, 6.45) is 0.760. The lowest BCUT2D eigenvalue weighted by atomic mass is 10.1. The van der Waals surface area contributed by atoms with E-state index in [1.54, 1.807) is 6.07 Å². The molecule has 0 saturated carbocycles. The van der Waals surface area contributed by atoms with E-state index in [0.29, 0.717) is 30.5 Å². The second-order valence-electron chi connectivity index (χ2n) is 6.51. The summed E-state index contributed by atoms with van der Waals surface area (Å²) in [5.74, 6) is 0.429. The monoisotopic (exact) mass is 367 g/mol. The van der Waals surface area contributed by atoms with Crippen molar-refractivity contribution in [3.05, 3.63) is 22.4 Å². The topological polar surface area (TPSA) is 94.6 Å². The Balaban J connectivity index is 2.29. The summed E-state index contributed by atoms with van der Waals surface area (Å²) in [6.45, 7) is 9.77. The summed E-state index contributed by atoms with van der Waals surface area (Å²) in [5.41, 5.74) is -0.265. The Bertz CT molecular complexity index is 564. The van der Waals surface area contributed by atoms with E-state index in [-0.39, 0.29) is 23.9 Å². The number of carbonyl (C=O) groups excluding carboxylic acids is 2. The highest BCUT2D eigenvalue weighted by Crippen LogP contribution is 2.07. The van der Waals surface area contributed by atoms with Crippen LogP contribution in [0, 0.1) is 0 Å². The zero-order valence-electron chi connectivity index (χ0n) is 15.4. The van der Waals surface area contributed by atoms with Gasteiger partial charge in [-0.3, -0.25) is 9.59 Å². The van der Waals surface area contributed by atoms with Gasteiger partial charge in [-0.2, -0.15) is 0 Å². The maximum absolute atomic E-state index is 11.8. The fraction of sp³-hybridized carbons (Fsp3) is 0.588. The van der Waals surface area contributed by atoms with Crippen LogP contribution in [0.5, 0.6) is 0 Å². The third-order valence-electron chi connectivity index (χ3n) is 2.92. The van der Waals surface area contributed by atoms with Crippen molar-refractivity contribution >= 4 is 29.1 Å². The predicted octanol–water partition coefficient (Wildman–Crippen LogP) is 1.34. The van der Waals surface area contributed by atoms with Gasteiger partial charge in [-0.1, -0.05) is 6.07 Å². The Morgan fingerprint density at radius 3 is 2.48 bits per heavy atom. The quantitative estimate of drug-likeness (QED) is 0.317. The van der Waals surface area contributed by atoms with Crippen LogP contribution in [0.15, 0.2) is 22.5 Å². The molecule has 7 nitrogen and oxygen atoms in total. The molecule has 1 aromatic heterocycles. The van der Waals surface area contributed by atoms with Crippen molar-refractivity contribution < 1.29 is 9.59 Å². The van der Waals surface area contributed by atoms with E-state index >= 15 is 0 Å². The van der Waals surface area contributed by atoms with Gasteiger partial charge >= 0.3 is 0 Å². The molecule has 4 N–H and O–H groups in total. The Morgan fingerprint density at radius 2 is 1.88 bits per heavy atom. The summed E-state index contributed by atoms with van der Waals surface area (Å²) < 4.78 is 0. The third kappa shape index (κ3) is 9.71. The lowest BCUT2D eigenvalue weighted by Gasteiger charge is -2.20. The number of carbonyl (C=O) groups is 2. The molecule has 140 valence electrons. The van der Waals surface area contributed by atoms with E-state index < -0.39 is 0 Å². The summed E-state index contributed by atoms with van der Waals surface area (Å²) in [7, 11) is 0. The Labute approximate surface area is 153 Å². The minimum Gasteiger partial charge on any atom is -0.357 e. The van der Waals surface area contributed by atoms with Gasteiger partial charge < -0.3 is 21.3 Å². The molecule has 0 unspecified atom stereocenters. The molecule has 0 aliphatic rings. The van der Waals surface area contributed by atoms with Crippen molar-refractivity contribution in [2.45, 2.75) is 39.7 Å². The van der Waals surface area contributed by atoms with E-state index in [1.807, 2.05) is 39.1 Å². The molecule has 0 aliphatic carbocycles. The highest BCUT2D eigenvalue weighted by atomic mass is 32.1. The average molecular weight is 368 g/mol. The summed E-state index contributed by atoms with van der Waals surface area (Å²) in [5, 5.41) is 13.9. The number of rotatable bonds is 8. The highest BCUT2D eigenvalue weighted by molar-refractivity contribution is 7.12. The van der Waals surface area contributed by atoms with Crippen LogP contribution in [0.3, 0.4) is 0 Å². The molecule has 1 heterocycles. The molecule has 1 rings (SSSR count). The SMILES string of the molecule is CCNC(=NCC(=O)NC(C)(C)C)NCCCNC(=O)c1cccs1. The molecule has 0 fully saturated rings. The van der Waals surface area contributed by atoms with E-state index in [4.69, 9.17) is 0 Å². The van der Waals surface area contributed by atoms with Crippen LogP contribution in [0.25, 0.3) is 0 Å². The van der Waals surface area contributed by atoms with Crippen molar-refractivity contribution in [2.24, 2.45) is 4.99 Å². The normalized spacial score (nSPS) is 11.8. The molecule has 25 heavy (non-hydrogen) atoms. The van der Waals surface area contributed by atoms with Gasteiger partial charge in [0.05, 0.1) is 4.88 Å². The lowest BCUT2D eigenvalue weighted by molar-refractivity contribution is -0.121. The first-order chi connectivity index (χ1) is 11.8. The van der Waals surface area contributed by atoms with Crippen molar-refractivity contribution in [3.8, 4) is 0 Å². The lowest BCUT2D eigenvalue weighted by Crippen LogP contribution is -2.43. The number of hydrogen-bond acceptors (Lipinski definition) is 4. The van der Waals surface area contributed by atoms with Crippen LogP contribution in [0.4, 0.5) is 0 Å². The van der Waals surface area contributed by atoms with E-state index in [2.05, 4.69) is 26.3 Å².